The van der Waals surface area contributed by atoms with Gasteiger partial charge in [-0.25, -0.2) is 13.4 Å². The van der Waals surface area contributed by atoms with Gasteiger partial charge in [0.2, 0.25) is 5.91 Å². The van der Waals surface area contributed by atoms with Crippen LogP contribution >= 0.6 is 22.9 Å². The van der Waals surface area contributed by atoms with Gasteiger partial charge in [-0.15, -0.1) is 11.3 Å². The number of nitrogens with zero attached hydrogens (tertiary/aromatic N) is 2. The van der Waals surface area contributed by atoms with Crippen molar-refractivity contribution in [3.05, 3.63) is 40.4 Å². The van der Waals surface area contributed by atoms with Gasteiger partial charge in [-0.05, 0) is 18.9 Å². The third kappa shape index (κ3) is 5.31. The van der Waals surface area contributed by atoms with Crippen LogP contribution in [0.3, 0.4) is 0 Å². The summed E-state index contributed by atoms with van der Waals surface area (Å²) in [6.45, 7) is 1.00. The van der Waals surface area contributed by atoms with Crippen molar-refractivity contribution in [3.8, 4) is 10.6 Å². The van der Waals surface area contributed by atoms with Gasteiger partial charge in [0.05, 0.1) is 28.6 Å². The van der Waals surface area contributed by atoms with E-state index in [9.17, 15) is 13.2 Å². The number of thiazole rings is 1. The van der Waals surface area contributed by atoms with Gasteiger partial charge in [0.15, 0.2) is 9.84 Å². The second-order valence-corrected chi connectivity index (χ2v) is 10.3. The molecule has 1 aliphatic heterocycles. The topological polar surface area (TPSA) is 76.6 Å². The first kappa shape index (κ1) is 21.2. The molecule has 0 radical (unpaired) electrons. The largest absolute Gasteiger partial charge is 0.385 e. The molecule has 9 heteroatoms. The summed E-state index contributed by atoms with van der Waals surface area (Å²) in [6.07, 6.45) is 1.30. The summed E-state index contributed by atoms with van der Waals surface area (Å²) >= 11 is 7.67. The Hall–Kier alpha value is -1.48. The second kappa shape index (κ2) is 9.35. The van der Waals surface area contributed by atoms with E-state index in [0.29, 0.717) is 36.7 Å². The van der Waals surface area contributed by atoms with E-state index in [1.165, 1.54) is 11.3 Å². The minimum Gasteiger partial charge on any atom is -0.385 e. The Morgan fingerprint density at radius 3 is 2.86 bits per heavy atom. The number of methoxy groups -OCH3 is 1. The molecular formula is C19H23ClN2O4S2. The first-order valence-corrected chi connectivity index (χ1v) is 12.2. The number of hydrogen-bond acceptors (Lipinski definition) is 6. The van der Waals surface area contributed by atoms with Crippen LogP contribution in [0.5, 0.6) is 0 Å². The lowest BCUT2D eigenvalue weighted by Crippen LogP contribution is -2.43. The summed E-state index contributed by atoms with van der Waals surface area (Å²) in [5.74, 6) is 0.0708. The molecule has 152 valence electrons. The summed E-state index contributed by atoms with van der Waals surface area (Å²) in [5.41, 5.74) is 1.51. The monoisotopic (exact) mass is 442 g/mol. The normalized spacial score (nSPS) is 18.3. The zero-order chi connectivity index (χ0) is 20.1. The highest BCUT2D eigenvalue weighted by atomic mass is 35.5. The Kier molecular flexibility index (Phi) is 7.09. The van der Waals surface area contributed by atoms with Crippen molar-refractivity contribution in [3.63, 3.8) is 0 Å². The molecule has 1 aromatic carbocycles. The van der Waals surface area contributed by atoms with E-state index in [2.05, 4.69) is 4.98 Å². The SMILES string of the molecule is COCCCN(C(=O)Cc1csc(-c2ccccc2Cl)n1)C1CCS(=O)(=O)C1. The second-order valence-electron chi connectivity index (χ2n) is 6.79. The quantitative estimate of drug-likeness (QED) is 0.587. The van der Waals surface area contributed by atoms with E-state index < -0.39 is 9.84 Å². The predicted molar refractivity (Wildman–Crippen MR) is 112 cm³/mol. The van der Waals surface area contributed by atoms with Crippen molar-refractivity contribution in [2.75, 3.05) is 31.8 Å². The van der Waals surface area contributed by atoms with E-state index in [1.54, 1.807) is 18.1 Å². The Morgan fingerprint density at radius 1 is 1.39 bits per heavy atom. The summed E-state index contributed by atoms with van der Waals surface area (Å²) in [4.78, 5) is 19.2. The zero-order valence-electron chi connectivity index (χ0n) is 15.6. The highest BCUT2D eigenvalue weighted by Crippen LogP contribution is 2.30. The van der Waals surface area contributed by atoms with Crippen LogP contribution in [0.2, 0.25) is 5.02 Å². The highest BCUT2D eigenvalue weighted by molar-refractivity contribution is 7.91. The fourth-order valence-electron chi connectivity index (χ4n) is 3.31. The lowest BCUT2D eigenvalue weighted by molar-refractivity contribution is -0.132. The molecule has 1 aliphatic rings. The first-order valence-electron chi connectivity index (χ1n) is 9.08. The Balaban J connectivity index is 1.72. The number of carbonyl (C=O) groups excluding carboxylic acids is 1. The molecule has 28 heavy (non-hydrogen) atoms. The Morgan fingerprint density at radius 2 is 2.18 bits per heavy atom. The number of carbonyl (C=O) groups is 1. The molecule has 1 saturated heterocycles. The van der Waals surface area contributed by atoms with Crippen LogP contribution in [0, 0.1) is 0 Å². The van der Waals surface area contributed by atoms with Gasteiger partial charge in [0.25, 0.3) is 0 Å². The smallest absolute Gasteiger partial charge is 0.228 e. The highest BCUT2D eigenvalue weighted by Gasteiger charge is 2.34. The van der Waals surface area contributed by atoms with Gasteiger partial charge in [0.1, 0.15) is 5.01 Å². The molecular weight excluding hydrogens is 420 g/mol. The standard InChI is InChI=1S/C19H23ClN2O4S2/c1-26-9-4-8-22(15-7-10-28(24,25)13-15)18(23)11-14-12-27-19(21-14)16-5-2-3-6-17(16)20/h2-3,5-6,12,15H,4,7-11,13H2,1H3. The number of amides is 1. The Bertz CT molecular complexity index is 930. The molecule has 0 aliphatic carbocycles. The fourth-order valence-corrected chi connectivity index (χ4v) is 6.18. The molecule has 2 heterocycles. The molecule has 1 aromatic heterocycles. The summed E-state index contributed by atoms with van der Waals surface area (Å²) < 4.78 is 28.8. The molecule has 3 rings (SSSR count). The van der Waals surface area contributed by atoms with Gasteiger partial charge < -0.3 is 9.64 Å². The molecule has 0 bridgehead atoms. The van der Waals surface area contributed by atoms with Crippen LogP contribution in [-0.4, -0.2) is 62.0 Å². The minimum absolute atomic E-state index is 0.0354. The number of aromatic nitrogens is 1. The van der Waals surface area contributed by atoms with Crippen molar-refractivity contribution in [1.29, 1.82) is 0 Å². The summed E-state index contributed by atoms with van der Waals surface area (Å²) in [5, 5.41) is 3.24. The van der Waals surface area contributed by atoms with E-state index in [-0.39, 0.29) is 29.9 Å². The van der Waals surface area contributed by atoms with Gasteiger partial charge in [-0.2, -0.15) is 0 Å². The van der Waals surface area contributed by atoms with Gasteiger partial charge in [0, 0.05) is 37.2 Å². The van der Waals surface area contributed by atoms with Crippen LogP contribution < -0.4 is 0 Å². The van der Waals surface area contributed by atoms with Crippen LogP contribution in [0.15, 0.2) is 29.6 Å². The Labute approximate surface area is 174 Å². The summed E-state index contributed by atoms with van der Waals surface area (Å²) in [7, 11) is -1.46. The van der Waals surface area contributed by atoms with Crippen molar-refractivity contribution in [2.45, 2.75) is 25.3 Å². The van der Waals surface area contributed by atoms with Gasteiger partial charge in [-0.1, -0.05) is 29.8 Å². The number of rotatable bonds is 8. The molecule has 0 spiro atoms. The summed E-state index contributed by atoms with van der Waals surface area (Å²) in [6, 6.07) is 7.19. The molecule has 6 nitrogen and oxygen atoms in total. The molecule has 0 saturated carbocycles. The molecule has 1 unspecified atom stereocenters. The fraction of sp³-hybridized carbons (Fsp3) is 0.474. The maximum Gasteiger partial charge on any atom is 0.228 e. The average Bonchev–Trinajstić information content (AvgIpc) is 3.25. The predicted octanol–water partition coefficient (Wildman–Crippen LogP) is 3.06. The minimum atomic E-state index is -3.07. The third-order valence-electron chi connectivity index (χ3n) is 4.71. The van der Waals surface area contributed by atoms with E-state index >= 15 is 0 Å². The number of hydrogen-bond donors (Lipinski definition) is 0. The number of ether oxygens (including phenoxy) is 1. The first-order chi connectivity index (χ1) is 13.4. The van der Waals surface area contributed by atoms with Crippen molar-refractivity contribution >= 4 is 38.7 Å². The van der Waals surface area contributed by atoms with Gasteiger partial charge in [-0.3, -0.25) is 4.79 Å². The van der Waals surface area contributed by atoms with Crippen LogP contribution in [0.4, 0.5) is 0 Å². The van der Waals surface area contributed by atoms with Gasteiger partial charge >= 0.3 is 0 Å². The number of sulfone groups is 1. The molecule has 1 amide bonds. The third-order valence-corrected chi connectivity index (χ3v) is 7.71. The molecule has 2 aromatic rings. The average molecular weight is 443 g/mol. The van der Waals surface area contributed by atoms with E-state index in [1.807, 2.05) is 23.6 Å². The van der Waals surface area contributed by atoms with Crippen LogP contribution in [0.1, 0.15) is 18.5 Å². The van der Waals surface area contributed by atoms with Crippen molar-refractivity contribution < 1.29 is 17.9 Å². The molecule has 0 N–H and O–H groups in total. The number of halogens is 1. The van der Waals surface area contributed by atoms with Crippen LogP contribution in [-0.2, 0) is 25.8 Å². The lowest BCUT2D eigenvalue weighted by atomic mass is 10.1. The zero-order valence-corrected chi connectivity index (χ0v) is 18.0. The maximum atomic E-state index is 12.9. The molecule has 1 fully saturated rings. The van der Waals surface area contributed by atoms with Crippen molar-refractivity contribution in [2.24, 2.45) is 0 Å². The lowest BCUT2D eigenvalue weighted by Gasteiger charge is -2.28. The molecule has 1 atom stereocenters. The maximum absolute atomic E-state index is 12.9. The van der Waals surface area contributed by atoms with Crippen LogP contribution in [0.25, 0.3) is 10.6 Å². The van der Waals surface area contributed by atoms with E-state index in [4.69, 9.17) is 16.3 Å². The number of benzene rings is 1. The van der Waals surface area contributed by atoms with E-state index in [0.717, 1.165) is 10.6 Å². The van der Waals surface area contributed by atoms with Crippen molar-refractivity contribution in [1.82, 2.24) is 9.88 Å².